The average Bonchev–Trinajstić information content (AvgIpc) is 2.20. The summed E-state index contributed by atoms with van der Waals surface area (Å²) in [5.41, 5.74) is -0.501. The Morgan fingerprint density at radius 1 is 1.77 bits per heavy atom. The first kappa shape index (κ1) is 12.2. The molecule has 0 aromatic heterocycles. The average molecular weight is 182 g/mol. The molecule has 0 spiro atoms. The van der Waals surface area contributed by atoms with Crippen LogP contribution in [0.15, 0.2) is 12.7 Å². The zero-order valence-electron chi connectivity index (χ0n) is 7.95. The third-order valence-electron chi connectivity index (χ3n) is 2.21. The molecular weight excluding hydrogens is 167 g/mol. The lowest BCUT2D eigenvalue weighted by Gasteiger charge is -2.28. The molecule has 3 nitrogen and oxygen atoms in total. The van der Waals surface area contributed by atoms with Crippen LogP contribution in [-0.2, 0) is 9.53 Å². The zero-order valence-corrected chi connectivity index (χ0v) is 7.95. The van der Waals surface area contributed by atoms with E-state index in [1.54, 1.807) is 0 Å². The van der Waals surface area contributed by atoms with E-state index in [4.69, 9.17) is 17.7 Å². The van der Waals surface area contributed by atoms with Gasteiger partial charge in [0.1, 0.15) is 0 Å². The van der Waals surface area contributed by atoms with Gasteiger partial charge in [0.15, 0.2) is 0 Å². The second-order valence-electron chi connectivity index (χ2n) is 3.03. The summed E-state index contributed by atoms with van der Waals surface area (Å²) in [6, 6.07) is 0. The van der Waals surface area contributed by atoms with Gasteiger partial charge in [-0.2, -0.15) is 0 Å². The van der Waals surface area contributed by atoms with Gasteiger partial charge in [-0.15, -0.1) is 0 Å². The van der Waals surface area contributed by atoms with Gasteiger partial charge in [-0.1, -0.05) is 19.8 Å². The number of rotatable bonds is 6. The van der Waals surface area contributed by atoms with Crippen LogP contribution in [0.25, 0.3) is 0 Å². The number of carbonyl (C=O) groups excluding carboxylic acids is 1. The van der Waals surface area contributed by atoms with E-state index < -0.39 is 11.4 Å². The molecule has 0 rings (SSSR count). The molecule has 0 aliphatic heterocycles. The van der Waals surface area contributed by atoms with E-state index in [0.29, 0.717) is 12.7 Å². The maximum atomic E-state index is 10.7. The molecule has 4 heteroatoms. The van der Waals surface area contributed by atoms with Crippen LogP contribution < -0.4 is 0 Å². The van der Waals surface area contributed by atoms with E-state index in [9.17, 15) is 4.79 Å². The fourth-order valence-electron chi connectivity index (χ4n) is 0.810. The van der Waals surface area contributed by atoms with Crippen LogP contribution in [0, 0.1) is 5.41 Å². The summed E-state index contributed by atoms with van der Waals surface area (Å²) >= 11 is 0. The quantitative estimate of drug-likeness (QED) is 0.373. The number of hydrogen-bond donors (Lipinski definition) is 1. The summed E-state index contributed by atoms with van der Waals surface area (Å²) < 4.78 is 4.83. The highest BCUT2D eigenvalue weighted by Gasteiger charge is 2.26. The minimum absolute atomic E-state index is 0.0789. The molecule has 0 aliphatic rings. The van der Waals surface area contributed by atoms with E-state index in [2.05, 4.69) is 6.58 Å². The predicted molar refractivity (Wildman–Crippen MR) is 51.5 cm³/mol. The number of esters is 1. The van der Waals surface area contributed by atoms with Gasteiger partial charge < -0.3 is 9.84 Å². The van der Waals surface area contributed by atoms with Gasteiger partial charge in [0.2, 0.25) is 0 Å². The van der Waals surface area contributed by atoms with E-state index in [1.165, 1.54) is 0 Å². The second-order valence-corrected chi connectivity index (χ2v) is 3.03. The Labute approximate surface area is 80.2 Å². The van der Waals surface area contributed by atoms with Crippen LogP contribution >= 0.6 is 0 Å². The van der Waals surface area contributed by atoms with Gasteiger partial charge in [0.05, 0.1) is 21.1 Å². The molecule has 0 saturated carbocycles. The van der Waals surface area contributed by atoms with Crippen LogP contribution in [0.3, 0.4) is 0 Å². The fraction of sp³-hybridized carbons (Fsp3) is 0.667. The third-order valence-corrected chi connectivity index (χ3v) is 2.21. The minimum atomic E-state index is -0.501. The predicted octanol–water partition coefficient (Wildman–Crippen LogP) is 0.691. The summed E-state index contributed by atoms with van der Waals surface area (Å²) in [6.07, 6.45) is 2.06. The van der Waals surface area contributed by atoms with E-state index in [0.717, 1.165) is 6.08 Å². The van der Waals surface area contributed by atoms with Crippen LogP contribution in [0.4, 0.5) is 0 Å². The summed E-state index contributed by atoms with van der Waals surface area (Å²) in [6.45, 7) is 5.23. The van der Waals surface area contributed by atoms with Crippen LogP contribution in [0.5, 0.6) is 0 Å². The zero-order chi connectivity index (χ0) is 10.3. The van der Waals surface area contributed by atoms with Crippen molar-refractivity contribution in [2.24, 2.45) is 5.41 Å². The fourth-order valence-corrected chi connectivity index (χ4v) is 0.810. The first-order valence-electron chi connectivity index (χ1n) is 4.24. The van der Waals surface area contributed by atoms with Crippen LogP contribution in [0.2, 0.25) is 6.32 Å². The summed E-state index contributed by atoms with van der Waals surface area (Å²) in [5, 5.41) is 9.06. The molecule has 0 heterocycles. The Kier molecular flexibility index (Phi) is 5.47. The van der Waals surface area contributed by atoms with Gasteiger partial charge in [-0.05, 0) is 6.42 Å². The van der Waals surface area contributed by atoms with E-state index in [1.807, 2.05) is 6.92 Å². The molecule has 0 amide bonds. The summed E-state index contributed by atoms with van der Waals surface area (Å²) in [4.78, 5) is 10.7. The maximum absolute atomic E-state index is 10.7. The number of ether oxygens (including phenoxy) is 1. The van der Waals surface area contributed by atoms with Gasteiger partial charge >= 0.3 is 5.97 Å². The smallest absolute Gasteiger partial charge is 0.330 e. The van der Waals surface area contributed by atoms with Gasteiger partial charge in [-0.25, -0.2) is 4.79 Å². The molecule has 1 N–H and O–H groups in total. The Morgan fingerprint density at radius 2 is 2.38 bits per heavy atom. The molecule has 0 aromatic rings. The second kappa shape index (κ2) is 5.81. The van der Waals surface area contributed by atoms with Crippen molar-refractivity contribution in [2.45, 2.75) is 19.7 Å². The first-order chi connectivity index (χ1) is 6.14. The van der Waals surface area contributed by atoms with E-state index >= 15 is 0 Å². The lowest BCUT2D eigenvalue weighted by atomic mass is 9.75. The van der Waals surface area contributed by atoms with E-state index in [-0.39, 0.29) is 13.2 Å². The number of aliphatic hydroxyl groups is 1. The highest BCUT2D eigenvalue weighted by molar-refractivity contribution is 6.09. The lowest BCUT2D eigenvalue weighted by Crippen LogP contribution is -2.31. The van der Waals surface area contributed by atoms with Crippen molar-refractivity contribution in [3.05, 3.63) is 12.7 Å². The molecule has 72 valence electrons. The summed E-state index contributed by atoms with van der Waals surface area (Å²) in [5.74, 6) is -0.486. The van der Waals surface area contributed by atoms with Gasteiger partial charge in [0, 0.05) is 11.5 Å². The molecule has 13 heavy (non-hydrogen) atoms. The molecule has 2 radical (unpaired) electrons. The highest BCUT2D eigenvalue weighted by Crippen LogP contribution is 2.25. The monoisotopic (exact) mass is 182 g/mol. The van der Waals surface area contributed by atoms with Crippen LogP contribution in [-0.4, -0.2) is 32.1 Å². The van der Waals surface area contributed by atoms with Crippen molar-refractivity contribution >= 4 is 13.8 Å². The van der Waals surface area contributed by atoms with Gasteiger partial charge in [-0.3, -0.25) is 0 Å². The number of carbonyl (C=O) groups is 1. The third kappa shape index (κ3) is 3.64. The molecule has 0 fully saturated rings. The minimum Gasteiger partial charge on any atom is -0.462 e. The lowest BCUT2D eigenvalue weighted by molar-refractivity contribution is -0.141. The standard InChI is InChI=1S/C9H15BO3/c1-3-8(12)13-7-9(4-2,5-10)6-11/h3,11H,1,4-7H2,2H3. The first-order valence-corrected chi connectivity index (χ1v) is 4.24. The molecular formula is C9H15BO3. The van der Waals surface area contributed by atoms with Crippen molar-refractivity contribution < 1.29 is 14.6 Å². The molecule has 0 bridgehead atoms. The van der Waals surface area contributed by atoms with Gasteiger partial charge in [0.25, 0.3) is 0 Å². The van der Waals surface area contributed by atoms with Crippen molar-refractivity contribution in [1.29, 1.82) is 0 Å². The van der Waals surface area contributed by atoms with Crippen molar-refractivity contribution in [1.82, 2.24) is 0 Å². The van der Waals surface area contributed by atoms with Crippen molar-refractivity contribution in [3.8, 4) is 0 Å². The highest BCUT2D eigenvalue weighted by atomic mass is 16.5. The maximum Gasteiger partial charge on any atom is 0.330 e. The normalized spacial score (nSPS) is 14.6. The Bertz CT molecular complexity index is 167. The number of aliphatic hydroxyl groups excluding tert-OH is 1. The molecule has 0 aromatic carbocycles. The summed E-state index contributed by atoms with van der Waals surface area (Å²) in [7, 11) is 5.48. The van der Waals surface area contributed by atoms with Crippen molar-refractivity contribution in [2.75, 3.05) is 13.2 Å². The van der Waals surface area contributed by atoms with Crippen LogP contribution in [0.1, 0.15) is 13.3 Å². The SMILES string of the molecule is [B]CC(CC)(CO)COC(=O)C=C. The largest absolute Gasteiger partial charge is 0.462 e. The molecule has 1 unspecified atom stereocenters. The topological polar surface area (TPSA) is 46.5 Å². The van der Waals surface area contributed by atoms with Crippen molar-refractivity contribution in [3.63, 3.8) is 0 Å². The molecule has 0 saturated heterocycles. The Hall–Kier alpha value is -0.765. The Morgan fingerprint density at radius 3 is 2.69 bits per heavy atom. The molecule has 0 aliphatic carbocycles. The Balaban J connectivity index is 4.09. The number of hydrogen-bond acceptors (Lipinski definition) is 3. The molecule has 1 atom stereocenters.